The summed E-state index contributed by atoms with van der Waals surface area (Å²) in [5.74, 6) is -0.103. The quantitative estimate of drug-likeness (QED) is 0.654. The lowest BCUT2D eigenvalue weighted by atomic mass is 10.1. The molecule has 0 saturated heterocycles. The predicted molar refractivity (Wildman–Crippen MR) is 93.1 cm³/mol. The maximum absolute atomic E-state index is 12.1. The maximum atomic E-state index is 12.1. The molecule has 4 N–H and O–H groups in total. The number of nitrogens with one attached hydrogen (secondary N) is 2. The Morgan fingerprint density at radius 1 is 1.09 bits per heavy atom. The first-order chi connectivity index (χ1) is 11.2. The minimum Gasteiger partial charge on any atom is -0.361 e. The molecule has 1 unspecified atom stereocenters. The molecule has 0 aliphatic rings. The van der Waals surface area contributed by atoms with Crippen LogP contribution in [0, 0.1) is 0 Å². The van der Waals surface area contributed by atoms with E-state index in [4.69, 9.17) is 5.73 Å². The smallest absolute Gasteiger partial charge is 0.237 e. The van der Waals surface area contributed by atoms with Gasteiger partial charge in [-0.15, -0.1) is 0 Å². The molecular weight excluding hydrogens is 286 g/mol. The third-order valence-electron chi connectivity index (χ3n) is 4.00. The molecule has 1 amide bonds. The lowest BCUT2D eigenvalue weighted by molar-refractivity contribution is -0.122. The van der Waals surface area contributed by atoms with E-state index in [0.717, 1.165) is 17.5 Å². The van der Waals surface area contributed by atoms with Gasteiger partial charge < -0.3 is 16.0 Å². The summed E-state index contributed by atoms with van der Waals surface area (Å²) >= 11 is 0. The second kappa shape index (κ2) is 7.11. The van der Waals surface area contributed by atoms with Crippen molar-refractivity contribution in [2.24, 2.45) is 5.73 Å². The summed E-state index contributed by atoms with van der Waals surface area (Å²) in [5.41, 5.74) is 9.38. The minimum absolute atomic E-state index is 0.103. The Morgan fingerprint density at radius 3 is 2.65 bits per heavy atom. The zero-order valence-corrected chi connectivity index (χ0v) is 13.0. The van der Waals surface area contributed by atoms with Crippen LogP contribution in [0.15, 0.2) is 60.8 Å². The first-order valence-corrected chi connectivity index (χ1v) is 7.86. The summed E-state index contributed by atoms with van der Waals surface area (Å²) in [6.45, 7) is 0.586. The molecule has 1 aromatic heterocycles. The van der Waals surface area contributed by atoms with Gasteiger partial charge in [-0.25, -0.2) is 0 Å². The number of para-hydroxylation sites is 1. The number of aromatic amines is 1. The summed E-state index contributed by atoms with van der Waals surface area (Å²) in [6, 6.07) is 17.5. The van der Waals surface area contributed by atoms with E-state index < -0.39 is 6.04 Å². The number of carbonyl (C=O) groups excluding carboxylic acids is 1. The van der Waals surface area contributed by atoms with Crippen LogP contribution in [-0.4, -0.2) is 23.5 Å². The van der Waals surface area contributed by atoms with Crippen LogP contribution in [-0.2, 0) is 17.6 Å². The van der Waals surface area contributed by atoms with Crippen molar-refractivity contribution < 1.29 is 4.79 Å². The molecule has 0 fully saturated rings. The van der Waals surface area contributed by atoms with Gasteiger partial charge in [0, 0.05) is 23.6 Å². The maximum Gasteiger partial charge on any atom is 0.237 e. The molecule has 0 spiro atoms. The van der Waals surface area contributed by atoms with Crippen LogP contribution in [0.4, 0.5) is 0 Å². The van der Waals surface area contributed by atoms with E-state index in [1.54, 1.807) is 0 Å². The lowest BCUT2D eigenvalue weighted by Gasteiger charge is -2.12. The summed E-state index contributed by atoms with van der Waals surface area (Å²) in [6.07, 6.45) is 3.34. The fourth-order valence-corrected chi connectivity index (χ4v) is 2.75. The Hall–Kier alpha value is -2.59. The van der Waals surface area contributed by atoms with Gasteiger partial charge in [-0.2, -0.15) is 0 Å². The van der Waals surface area contributed by atoms with Gasteiger partial charge in [-0.1, -0.05) is 48.5 Å². The predicted octanol–water partition coefficient (Wildman–Crippen LogP) is 2.40. The number of nitrogens with two attached hydrogens (primary N) is 1. The van der Waals surface area contributed by atoms with Crippen molar-refractivity contribution in [2.75, 3.05) is 6.54 Å². The molecule has 1 atom stereocenters. The van der Waals surface area contributed by atoms with E-state index in [-0.39, 0.29) is 5.91 Å². The van der Waals surface area contributed by atoms with Crippen molar-refractivity contribution in [1.82, 2.24) is 10.3 Å². The zero-order chi connectivity index (χ0) is 16.1. The highest BCUT2D eigenvalue weighted by Crippen LogP contribution is 2.17. The number of hydrogen-bond acceptors (Lipinski definition) is 2. The molecule has 0 saturated carbocycles. The summed E-state index contributed by atoms with van der Waals surface area (Å²) in [4.78, 5) is 15.3. The number of benzene rings is 2. The van der Waals surface area contributed by atoms with Crippen LogP contribution >= 0.6 is 0 Å². The first kappa shape index (κ1) is 15.3. The average Bonchev–Trinajstić information content (AvgIpc) is 2.99. The Morgan fingerprint density at radius 2 is 1.83 bits per heavy atom. The third kappa shape index (κ3) is 3.79. The second-order valence-corrected chi connectivity index (χ2v) is 5.70. The van der Waals surface area contributed by atoms with Crippen LogP contribution in [0.1, 0.15) is 11.1 Å². The minimum atomic E-state index is -0.514. The fourth-order valence-electron chi connectivity index (χ4n) is 2.75. The molecule has 1 heterocycles. The van der Waals surface area contributed by atoms with E-state index in [0.29, 0.717) is 13.0 Å². The number of hydrogen-bond donors (Lipinski definition) is 3. The molecular formula is C19H21N3O. The number of fused-ring (bicyclic) bond motifs is 1. The van der Waals surface area contributed by atoms with E-state index in [1.165, 1.54) is 10.9 Å². The molecule has 118 valence electrons. The van der Waals surface area contributed by atoms with Gasteiger partial charge in [-0.3, -0.25) is 4.79 Å². The Kier molecular flexibility index (Phi) is 4.74. The molecule has 23 heavy (non-hydrogen) atoms. The van der Waals surface area contributed by atoms with Crippen molar-refractivity contribution >= 4 is 16.8 Å². The van der Waals surface area contributed by atoms with Gasteiger partial charge in [0.15, 0.2) is 0 Å². The molecule has 3 rings (SSSR count). The SMILES string of the molecule is NC(Cc1ccccc1)C(=O)NCCc1c[nH]c2ccccc12. The Balaban J connectivity index is 1.51. The van der Waals surface area contributed by atoms with Crippen LogP contribution in [0.5, 0.6) is 0 Å². The number of amides is 1. The van der Waals surface area contributed by atoms with E-state index in [1.807, 2.05) is 54.7 Å². The van der Waals surface area contributed by atoms with Gasteiger partial charge in [0.25, 0.3) is 0 Å². The van der Waals surface area contributed by atoms with Gasteiger partial charge in [-0.05, 0) is 30.0 Å². The van der Waals surface area contributed by atoms with Crippen molar-refractivity contribution in [2.45, 2.75) is 18.9 Å². The van der Waals surface area contributed by atoms with Crippen molar-refractivity contribution in [1.29, 1.82) is 0 Å². The van der Waals surface area contributed by atoms with Crippen molar-refractivity contribution in [3.05, 3.63) is 71.9 Å². The molecule has 0 bridgehead atoms. The highest BCUT2D eigenvalue weighted by molar-refractivity contribution is 5.83. The number of rotatable bonds is 6. The second-order valence-electron chi connectivity index (χ2n) is 5.70. The first-order valence-electron chi connectivity index (χ1n) is 7.86. The highest BCUT2D eigenvalue weighted by Gasteiger charge is 2.13. The molecule has 0 radical (unpaired) electrons. The Bertz CT molecular complexity index is 779. The van der Waals surface area contributed by atoms with Gasteiger partial charge in [0.05, 0.1) is 6.04 Å². The van der Waals surface area contributed by atoms with Crippen LogP contribution in [0.3, 0.4) is 0 Å². The zero-order valence-electron chi connectivity index (χ0n) is 13.0. The highest BCUT2D eigenvalue weighted by atomic mass is 16.2. The van der Waals surface area contributed by atoms with Gasteiger partial charge in [0.2, 0.25) is 5.91 Å². The van der Waals surface area contributed by atoms with E-state index in [9.17, 15) is 4.79 Å². The topological polar surface area (TPSA) is 70.9 Å². The number of H-pyrrole nitrogens is 1. The number of aromatic nitrogens is 1. The molecule has 3 aromatic rings. The van der Waals surface area contributed by atoms with Crippen LogP contribution in [0.25, 0.3) is 10.9 Å². The van der Waals surface area contributed by atoms with Crippen LogP contribution < -0.4 is 11.1 Å². The lowest BCUT2D eigenvalue weighted by Crippen LogP contribution is -2.42. The normalized spacial score (nSPS) is 12.2. The molecule has 2 aromatic carbocycles. The molecule has 4 nitrogen and oxygen atoms in total. The molecule has 0 aliphatic carbocycles. The summed E-state index contributed by atoms with van der Waals surface area (Å²) < 4.78 is 0. The third-order valence-corrected chi connectivity index (χ3v) is 4.00. The number of carbonyl (C=O) groups is 1. The molecule has 4 heteroatoms. The Labute approximate surface area is 135 Å². The fraction of sp³-hybridized carbons (Fsp3) is 0.211. The summed E-state index contributed by atoms with van der Waals surface area (Å²) in [7, 11) is 0. The monoisotopic (exact) mass is 307 g/mol. The van der Waals surface area contributed by atoms with Crippen LogP contribution in [0.2, 0.25) is 0 Å². The largest absolute Gasteiger partial charge is 0.361 e. The van der Waals surface area contributed by atoms with Crippen molar-refractivity contribution in [3.8, 4) is 0 Å². The molecule has 0 aliphatic heterocycles. The van der Waals surface area contributed by atoms with Crippen molar-refractivity contribution in [3.63, 3.8) is 0 Å². The van der Waals surface area contributed by atoms with Gasteiger partial charge in [0.1, 0.15) is 0 Å². The average molecular weight is 307 g/mol. The van der Waals surface area contributed by atoms with E-state index >= 15 is 0 Å². The standard InChI is InChI=1S/C19H21N3O/c20-17(12-14-6-2-1-3-7-14)19(23)21-11-10-15-13-22-18-9-5-4-8-16(15)18/h1-9,13,17,22H,10-12,20H2,(H,21,23). The van der Waals surface area contributed by atoms with E-state index in [2.05, 4.69) is 16.4 Å². The van der Waals surface area contributed by atoms with Gasteiger partial charge >= 0.3 is 0 Å². The summed E-state index contributed by atoms with van der Waals surface area (Å²) in [5, 5.41) is 4.13.